The molecule has 0 amide bonds. The summed E-state index contributed by atoms with van der Waals surface area (Å²) in [6, 6.07) is 0. The molecule has 0 aliphatic heterocycles. The highest BCUT2D eigenvalue weighted by Crippen LogP contribution is 2.10. The van der Waals surface area contributed by atoms with Crippen molar-refractivity contribution in [1.82, 2.24) is 0 Å². The fourth-order valence-corrected chi connectivity index (χ4v) is 1.59. The maximum Gasteiger partial charge on any atom is 0.303 e. The van der Waals surface area contributed by atoms with Gasteiger partial charge in [-0.3, -0.25) is 4.79 Å². The maximum atomic E-state index is 10.2. The third-order valence-corrected chi connectivity index (χ3v) is 2.49. The number of aliphatic carboxylic acids is 1. The molecule has 0 saturated carbocycles. The molecule has 0 aliphatic carbocycles. The van der Waals surface area contributed by atoms with Gasteiger partial charge in [0.25, 0.3) is 0 Å². The van der Waals surface area contributed by atoms with E-state index >= 15 is 0 Å². The first-order valence-electron chi connectivity index (χ1n) is 5.99. The van der Waals surface area contributed by atoms with Crippen molar-refractivity contribution in [1.29, 1.82) is 0 Å². The summed E-state index contributed by atoms with van der Waals surface area (Å²) in [4.78, 5) is 10.2. The molecule has 0 aromatic heterocycles. The normalized spacial score (nSPS) is 9.67. The Labute approximate surface area is 99.9 Å². The number of hydrogen-bond acceptors (Lipinski definition) is 1. The van der Waals surface area contributed by atoms with E-state index in [2.05, 4.69) is 6.92 Å². The molecule has 0 saturated heterocycles. The molecule has 0 heterocycles. The summed E-state index contributed by atoms with van der Waals surface area (Å²) in [5, 5.41) is 8.41. The Morgan fingerprint density at radius 1 is 0.867 bits per heavy atom. The number of halogens is 1. The summed E-state index contributed by atoms with van der Waals surface area (Å²) in [5.41, 5.74) is 0. The molecule has 0 spiro atoms. The lowest BCUT2D eigenvalue weighted by molar-refractivity contribution is -0.137. The fourth-order valence-electron chi connectivity index (χ4n) is 1.59. The Morgan fingerprint density at radius 2 is 1.27 bits per heavy atom. The van der Waals surface area contributed by atoms with E-state index in [0.29, 0.717) is 6.42 Å². The third-order valence-electron chi connectivity index (χ3n) is 2.49. The van der Waals surface area contributed by atoms with Gasteiger partial charge in [0, 0.05) is 6.42 Å². The zero-order chi connectivity index (χ0) is 10.6. The fraction of sp³-hybridized carbons (Fsp3) is 0.917. The number of unbranched alkanes of at least 4 members (excludes halogenated alkanes) is 8. The standard InChI is InChI=1S/C12H24O2.ClH/c1-2-3-4-5-6-7-8-9-10-11-12(13)14;/h2-11H2,1H3,(H,13,14);1H. The van der Waals surface area contributed by atoms with Gasteiger partial charge in [-0.1, -0.05) is 58.3 Å². The van der Waals surface area contributed by atoms with Crippen molar-refractivity contribution in [3.63, 3.8) is 0 Å². The zero-order valence-corrected chi connectivity index (χ0v) is 10.7. The van der Waals surface area contributed by atoms with Gasteiger partial charge >= 0.3 is 5.97 Å². The van der Waals surface area contributed by atoms with Crippen molar-refractivity contribution < 1.29 is 9.90 Å². The second kappa shape index (κ2) is 13.8. The molecule has 92 valence electrons. The van der Waals surface area contributed by atoms with Crippen LogP contribution in [0.3, 0.4) is 0 Å². The monoisotopic (exact) mass is 236 g/mol. The number of carboxylic acid groups (broad SMARTS) is 1. The average Bonchev–Trinajstić information content (AvgIpc) is 2.15. The minimum absolute atomic E-state index is 0. The molecule has 0 bridgehead atoms. The van der Waals surface area contributed by atoms with Crippen molar-refractivity contribution in [3.8, 4) is 0 Å². The number of hydrogen-bond donors (Lipinski definition) is 1. The van der Waals surface area contributed by atoms with Crippen LogP contribution < -0.4 is 0 Å². The van der Waals surface area contributed by atoms with Gasteiger partial charge in [-0.15, -0.1) is 12.4 Å². The Bertz CT molecular complexity index is 138. The molecule has 15 heavy (non-hydrogen) atoms. The summed E-state index contributed by atoms with van der Waals surface area (Å²) >= 11 is 0. The highest BCUT2D eigenvalue weighted by Gasteiger charge is 1.96. The molecule has 2 nitrogen and oxygen atoms in total. The molecule has 0 aromatic rings. The predicted octanol–water partition coefficient (Wildman–Crippen LogP) is 4.41. The highest BCUT2D eigenvalue weighted by atomic mass is 35.5. The minimum atomic E-state index is -0.659. The maximum absolute atomic E-state index is 10.2. The van der Waals surface area contributed by atoms with Crippen LogP contribution in [0.1, 0.15) is 71.1 Å². The first kappa shape index (κ1) is 17.2. The largest absolute Gasteiger partial charge is 0.481 e. The topological polar surface area (TPSA) is 37.3 Å². The average molecular weight is 237 g/mol. The van der Waals surface area contributed by atoms with E-state index in [4.69, 9.17) is 5.11 Å². The van der Waals surface area contributed by atoms with Crippen LogP contribution >= 0.6 is 12.4 Å². The molecular weight excluding hydrogens is 212 g/mol. The van der Waals surface area contributed by atoms with Crippen molar-refractivity contribution in [2.24, 2.45) is 0 Å². The Morgan fingerprint density at radius 3 is 1.67 bits per heavy atom. The van der Waals surface area contributed by atoms with Crippen LogP contribution in [0, 0.1) is 0 Å². The van der Waals surface area contributed by atoms with Crippen LogP contribution in [0.25, 0.3) is 0 Å². The van der Waals surface area contributed by atoms with Crippen molar-refractivity contribution >= 4 is 18.4 Å². The predicted molar refractivity (Wildman–Crippen MR) is 66.7 cm³/mol. The van der Waals surface area contributed by atoms with Crippen LogP contribution in [-0.2, 0) is 4.79 Å². The summed E-state index contributed by atoms with van der Waals surface area (Å²) < 4.78 is 0. The SMILES string of the molecule is CCCCCCCCCCCC(=O)O.Cl. The summed E-state index contributed by atoms with van der Waals surface area (Å²) in [6.45, 7) is 2.23. The van der Waals surface area contributed by atoms with Gasteiger partial charge in [0.15, 0.2) is 0 Å². The summed E-state index contributed by atoms with van der Waals surface area (Å²) in [6.07, 6.45) is 11.5. The molecule has 0 aromatic carbocycles. The van der Waals surface area contributed by atoms with E-state index in [-0.39, 0.29) is 12.4 Å². The highest BCUT2D eigenvalue weighted by molar-refractivity contribution is 5.85. The molecule has 0 fully saturated rings. The molecule has 1 N–H and O–H groups in total. The smallest absolute Gasteiger partial charge is 0.303 e. The summed E-state index contributed by atoms with van der Waals surface area (Å²) in [5.74, 6) is -0.659. The van der Waals surface area contributed by atoms with Crippen molar-refractivity contribution in [2.45, 2.75) is 71.1 Å². The summed E-state index contributed by atoms with van der Waals surface area (Å²) in [7, 11) is 0. The molecule has 3 heteroatoms. The van der Waals surface area contributed by atoms with Crippen molar-refractivity contribution in [3.05, 3.63) is 0 Å². The quantitative estimate of drug-likeness (QED) is 0.571. The first-order valence-corrected chi connectivity index (χ1v) is 5.99. The van der Waals surface area contributed by atoms with Crippen LogP contribution in [0.4, 0.5) is 0 Å². The van der Waals surface area contributed by atoms with Crippen LogP contribution in [0.2, 0.25) is 0 Å². The first-order chi connectivity index (χ1) is 6.77. The molecular formula is C12H25ClO2. The van der Waals surface area contributed by atoms with Gasteiger partial charge in [-0.25, -0.2) is 0 Å². The van der Waals surface area contributed by atoms with Crippen molar-refractivity contribution in [2.75, 3.05) is 0 Å². The molecule has 0 radical (unpaired) electrons. The van der Waals surface area contributed by atoms with E-state index in [1.807, 2.05) is 0 Å². The Hall–Kier alpha value is -0.240. The van der Waals surface area contributed by atoms with Gasteiger partial charge in [-0.2, -0.15) is 0 Å². The van der Waals surface area contributed by atoms with Crippen LogP contribution in [0.5, 0.6) is 0 Å². The van der Waals surface area contributed by atoms with E-state index in [1.54, 1.807) is 0 Å². The lowest BCUT2D eigenvalue weighted by Gasteiger charge is -2.00. The van der Waals surface area contributed by atoms with Crippen LogP contribution in [0.15, 0.2) is 0 Å². The zero-order valence-electron chi connectivity index (χ0n) is 9.83. The molecule has 0 rings (SSSR count). The van der Waals surface area contributed by atoms with Gasteiger partial charge < -0.3 is 5.11 Å². The van der Waals surface area contributed by atoms with Gasteiger partial charge in [0.2, 0.25) is 0 Å². The van der Waals surface area contributed by atoms with Gasteiger partial charge in [0.1, 0.15) is 0 Å². The Kier molecular flexibility index (Phi) is 15.7. The Balaban J connectivity index is 0. The van der Waals surface area contributed by atoms with E-state index in [0.717, 1.165) is 12.8 Å². The van der Waals surface area contributed by atoms with E-state index in [9.17, 15) is 4.79 Å². The van der Waals surface area contributed by atoms with Gasteiger partial charge in [0.05, 0.1) is 0 Å². The number of rotatable bonds is 10. The molecule has 0 unspecified atom stereocenters. The minimum Gasteiger partial charge on any atom is -0.481 e. The number of carboxylic acids is 1. The van der Waals surface area contributed by atoms with E-state index < -0.39 is 5.97 Å². The lowest BCUT2D eigenvalue weighted by atomic mass is 10.1. The van der Waals surface area contributed by atoms with Gasteiger partial charge in [-0.05, 0) is 6.42 Å². The molecule has 0 aliphatic rings. The molecule has 0 atom stereocenters. The van der Waals surface area contributed by atoms with E-state index in [1.165, 1.54) is 44.9 Å². The number of carbonyl (C=O) groups is 1. The lowest BCUT2D eigenvalue weighted by Crippen LogP contribution is -1.93. The second-order valence-electron chi connectivity index (χ2n) is 3.97. The third kappa shape index (κ3) is 16.4. The van der Waals surface area contributed by atoms with Crippen LogP contribution in [-0.4, -0.2) is 11.1 Å². The second-order valence-corrected chi connectivity index (χ2v) is 3.97.